The second-order valence-electron chi connectivity index (χ2n) is 3.42. The second kappa shape index (κ2) is 5.09. The fourth-order valence-corrected chi connectivity index (χ4v) is 1.31. The molecule has 0 aromatic heterocycles. The van der Waals surface area contributed by atoms with Gasteiger partial charge in [0, 0.05) is 6.04 Å². The monoisotopic (exact) mass is 213 g/mol. The predicted molar refractivity (Wildman–Crippen MR) is 56.4 cm³/mol. The first-order chi connectivity index (χ1) is 7.10. The van der Waals surface area contributed by atoms with E-state index >= 15 is 0 Å². The van der Waals surface area contributed by atoms with Gasteiger partial charge in [-0.1, -0.05) is 6.07 Å². The lowest BCUT2D eigenvalue weighted by Gasteiger charge is -2.19. The molecule has 0 saturated heterocycles. The second-order valence-corrected chi connectivity index (χ2v) is 3.42. The maximum atomic E-state index is 13.1. The van der Waals surface area contributed by atoms with Crippen LogP contribution >= 0.6 is 0 Å². The maximum Gasteiger partial charge on any atom is 0.165 e. The van der Waals surface area contributed by atoms with E-state index in [0.29, 0.717) is 5.56 Å². The zero-order valence-electron chi connectivity index (χ0n) is 9.12. The van der Waals surface area contributed by atoms with Crippen LogP contribution in [0.3, 0.4) is 0 Å². The molecule has 0 radical (unpaired) electrons. The molecule has 0 fully saturated rings. The van der Waals surface area contributed by atoms with Crippen LogP contribution in [-0.4, -0.2) is 25.3 Å². The topological polar surface area (TPSA) is 41.5 Å². The van der Waals surface area contributed by atoms with Gasteiger partial charge in [0.25, 0.3) is 0 Å². The number of aliphatic hydroxyl groups excluding tert-OH is 1. The van der Waals surface area contributed by atoms with Crippen molar-refractivity contribution < 1.29 is 14.2 Å². The third-order valence-electron chi connectivity index (χ3n) is 2.45. The normalized spacial score (nSPS) is 14.7. The Balaban J connectivity index is 2.95. The highest BCUT2D eigenvalue weighted by molar-refractivity contribution is 5.32. The van der Waals surface area contributed by atoms with Gasteiger partial charge < -0.3 is 15.2 Å². The molecule has 0 aliphatic rings. The molecule has 0 aliphatic heterocycles. The van der Waals surface area contributed by atoms with Crippen molar-refractivity contribution in [2.75, 3.05) is 14.2 Å². The van der Waals surface area contributed by atoms with Crippen LogP contribution in [0.15, 0.2) is 18.2 Å². The third-order valence-corrected chi connectivity index (χ3v) is 2.45. The highest BCUT2D eigenvalue weighted by Gasteiger charge is 2.16. The van der Waals surface area contributed by atoms with Gasteiger partial charge in [-0.15, -0.1) is 0 Å². The molecule has 0 saturated carbocycles. The van der Waals surface area contributed by atoms with Crippen LogP contribution in [0.4, 0.5) is 4.39 Å². The minimum Gasteiger partial charge on any atom is -0.494 e. The summed E-state index contributed by atoms with van der Waals surface area (Å²) in [4.78, 5) is 0. The van der Waals surface area contributed by atoms with E-state index in [1.165, 1.54) is 19.2 Å². The van der Waals surface area contributed by atoms with E-state index < -0.39 is 11.9 Å². The Morgan fingerprint density at radius 2 is 2.13 bits per heavy atom. The number of hydrogen-bond donors (Lipinski definition) is 2. The SMILES string of the molecule is CNC(C)C(O)c1ccc(F)c(OC)c1. The number of halogens is 1. The van der Waals surface area contributed by atoms with Gasteiger partial charge in [-0.25, -0.2) is 4.39 Å². The van der Waals surface area contributed by atoms with Crippen molar-refractivity contribution in [3.8, 4) is 5.75 Å². The predicted octanol–water partition coefficient (Wildman–Crippen LogP) is 1.48. The van der Waals surface area contributed by atoms with Crippen molar-refractivity contribution in [3.05, 3.63) is 29.6 Å². The molecule has 84 valence electrons. The summed E-state index contributed by atoms with van der Waals surface area (Å²) in [6.45, 7) is 1.85. The summed E-state index contributed by atoms with van der Waals surface area (Å²) in [5, 5.41) is 12.8. The van der Waals surface area contributed by atoms with Crippen molar-refractivity contribution in [2.45, 2.75) is 19.1 Å². The largest absolute Gasteiger partial charge is 0.494 e. The highest BCUT2D eigenvalue weighted by Crippen LogP contribution is 2.24. The number of benzene rings is 1. The molecule has 2 atom stereocenters. The first-order valence-corrected chi connectivity index (χ1v) is 4.79. The Bertz CT molecular complexity index is 330. The number of ether oxygens (including phenoxy) is 1. The van der Waals surface area contributed by atoms with Crippen LogP contribution in [0.2, 0.25) is 0 Å². The maximum absolute atomic E-state index is 13.1. The zero-order valence-corrected chi connectivity index (χ0v) is 9.12. The molecule has 0 spiro atoms. The van der Waals surface area contributed by atoms with Crippen LogP contribution < -0.4 is 10.1 Å². The molecule has 4 heteroatoms. The first-order valence-electron chi connectivity index (χ1n) is 4.79. The Labute approximate surface area is 88.9 Å². The van der Waals surface area contributed by atoms with Crippen molar-refractivity contribution >= 4 is 0 Å². The van der Waals surface area contributed by atoms with Crippen LogP contribution in [0, 0.1) is 5.82 Å². The summed E-state index contributed by atoms with van der Waals surface area (Å²) >= 11 is 0. The quantitative estimate of drug-likeness (QED) is 0.796. The number of aliphatic hydroxyl groups is 1. The number of methoxy groups -OCH3 is 1. The molecule has 1 aromatic carbocycles. The first kappa shape index (κ1) is 11.9. The van der Waals surface area contributed by atoms with Gasteiger partial charge in [-0.05, 0) is 31.7 Å². The van der Waals surface area contributed by atoms with Crippen LogP contribution in [0.5, 0.6) is 5.75 Å². The lowest BCUT2D eigenvalue weighted by molar-refractivity contribution is 0.139. The summed E-state index contributed by atoms with van der Waals surface area (Å²) in [6, 6.07) is 4.25. The van der Waals surface area contributed by atoms with Gasteiger partial charge in [-0.3, -0.25) is 0 Å². The fourth-order valence-electron chi connectivity index (χ4n) is 1.31. The minimum absolute atomic E-state index is 0.0971. The molecule has 1 aromatic rings. The third kappa shape index (κ3) is 2.67. The van der Waals surface area contributed by atoms with Crippen molar-refractivity contribution in [3.63, 3.8) is 0 Å². The summed E-state index contributed by atoms with van der Waals surface area (Å²) in [5.74, 6) is -0.277. The zero-order chi connectivity index (χ0) is 11.4. The molecule has 2 unspecified atom stereocenters. The average Bonchev–Trinajstić information content (AvgIpc) is 2.27. The molecular weight excluding hydrogens is 197 g/mol. The summed E-state index contributed by atoms with van der Waals surface area (Å²) in [7, 11) is 3.16. The lowest BCUT2D eigenvalue weighted by Crippen LogP contribution is -2.28. The van der Waals surface area contributed by atoms with E-state index in [1.54, 1.807) is 13.1 Å². The van der Waals surface area contributed by atoms with E-state index in [-0.39, 0.29) is 11.8 Å². The average molecular weight is 213 g/mol. The van der Waals surface area contributed by atoms with Crippen LogP contribution in [-0.2, 0) is 0 Å². The molecule has 3 nitrogen and oxygen atoms in total. The van der Waals surface area contributed by atoms with Crippen LogP contribution in [0.1, 0.15) is 18.6 Å². The summed E-state index contributed by atoms with van der Waals surface area (Å²) in [6.07, 6.45) is -0.676. The molecule has 0 aliphatic carbocycles. The Morgan fingerprint density at radius 1 is 1.47 bits per heavy atom. The Morgan fingerprint density at radius 3 is 2.67 bits per heavy atom. The minimum atomic E-state index is -0.676. The van der Waals surface area contributed by atoms with E-state index in [1.807, 2.05) is 6.92 Å². The molecule has 0 bridgehead atoms. The van der Waals surface area contributed by atoms with E-state index in [9.17, 15) is 9.50 Å². The molecule has 0 heterocycles. The number of rotatable bonds is 4. The molecule has 1 rings (SSSR count). The summed E-state index contributed by atoms with van der Waals surface area (Å²) in [5.41, 5.74) is 0.634. The molecule has 15 heavy (non-hydrogen) atoms. The number of nitrogens with one attached hydrogen (secondary N) is 1. The van der Waals surface area contributed by atoms with Crippen molar-refractivity contribution in [1.82, 2.24) is 5.32 Å². The van der Waals surface area contributed by atoms with E-state index in [0.717, 1.165) is 0 Å². The molecule has 0 amide bonds. The van der Waals surface area contributed by atoms with Gasteiger partial charge in [0.05, 0.1) is 13.2 Å². The number of hydrogen-bond acceptors (Lipinski definition) is 3. The van der Waals surface area contributed by atoms with Gasteiger partial charge >= 0.3 is 0 Å². The lowest BCUT2D eigenvalue weighted by atomic mass is 10.0. The van der Waals surface area contributed by atoms with Gasteiger partial charge in [0.1, 0.15) is 0 Å². The van der Waals surface area contributed by atoms with Crippen molar-refractivity contribution in [1.29, 1.82) is 0 Å². The van der Waals surface area contributed by atoms with Crippen molar-refractivity contribution in [2.24, 2.45) is 0 Å². The van der Waals surface area contributed by atoms with Crippen LogP contribution in [0.25, 0.3) is 0 Å². The number of likely N-dealkylation sites (N-methyl/N-ethyl adjacent to an activating group) is 1. The summed E-state index contributed by atoms with van der Waals surface area (Å²) < 4.78 is 17.9. The van der Waals surface area contributed by atoms with E-state index in [2.05, 4.69) is 5.32 Å². The Hall–Kier alpha value is -1.13. The molecular formula is C11H16FNO2. The fraction of sp³-hybridized carbons (Fsp3) is 0.455. The van der Waals surface area contributed by atoms with Gasteiger partial charge in [-0.2, -0.15) is 0 Å². The Kier molecular flexibility index (Phi) is 4.05. The van der Waals surface area contributed by atoms with E-state index in [4.69, 9.17) is 4.74 Å². The smallest absolute Gasteiger partial charge is 0.165 e. The molecule has 2 N–H and O–H groups in total. The standard InChI is InChI=1S/C11H16FNO2/c1-7(13-2)11(14)8-4-5-9(12)10(6-8)15-3/h4-7,11,13-14H,1-3H3. The van der Waals surface area contributed by atoms with Gasteiger partial charge in [0.15, 0.2) is 11.6 Å². The van der Waals surface area contributed by atoms with Gasteiger partial charge in [0.2, 0.25) is 0 Å². The highest BCUT2D eigenvalue weighted by atomic mass is 19.1.